The number of aromatic nitrogens is 5. The second-order valence-corrected chi connectivity index (χ2v) is 13.9. The van der Waals surface area contributed by atoms with Crippen molar-refractivity contribution in [3.05, 3.63) is 70.2 Å². The number of rotatable bonds is 7. The lowest BCUT2D eigenvalue weighted by Crippen LogP contribution is -2.44. The van der Waals surface area contributed by atoms with Crippen molar-refractivity contribution in [2.45, 2.75) is 66.5 Å². The fourth-order valence-corrected chi connectivity index (χ4v) is 6.35. The highest BCUT2D eigenvalue weighted by atomic mass is 16.5. The third kappa shape index (κ3) is 5.96. The summed E-state index contributed by atoms with van der Waals surface area (Å²) >= 11 is 0. The van der Waals surface area contributed by atoms with Crippen LogP contribution in [0, 0.1) is 5.41 Å². The molecule has 2 aliphatic rings. The Morgan fingerprint density at radius 2 is 1.89 bits per heavy atom. The van der Waals surface area contributed by atoms with E-state index in [1.54, 1.807) is 32.6 Å². The van der Waals surface area contributed by atoms with Crippen LogP contribution in [0.15, 0.2) is 53.5 Å². The molecule has 236 valence electrons. The van der Waals surface area contributed by atoms with Crippen LogP contribution in [0.2, 0.25) is 0 Å². The van der Waals surface area contributed by atoms with E-state index in [4.69, 9.17) is 14.7 Å². The van der Waals surface area contributed by atoms with E-state index >= 15 is 0 Å². The van der Waals surface area contributed by atoms with E-state index in [1.807, 2.05) is 19.1 Å². The number of anilines is 3. The largest absolute Gasteiger partial charge is 0.480 e. The van der Waals surface area contributed by atoms with Gasteiger partial charge in [0.25, 0.3) is 11.5 Å². The Morgan fingerprint density at radius 1 is 1.09 bits per heavy atom. The average Bonchev–Trinajstić information content (AvgIpc) is 3.23. The molecule has 1 amide bonds. The van der Waals surface area contributed by atoms with Gasteiger partial charge in [-0.25, -0.2) is 19.3 Å². The molecule has 1 aromatic carbocycles. The van der Waals surface area contributed by atoms with Gasteiger partial charge in [-0.3, -0.25) is 14.5 Å². The molecule has 45 heavy (non-hydrogen) atoms. The predicted molar refractivity (Wildman–Crippen MR) is 177 cm³/mol. The highest BCUT2D eigenvalue weighted by Crippen LogP contribution is 2.35. The third-order valence-corrected chi connectivity index (χ3v) is 8.13. The maximum Gasteiger partial charge on any atom is 0.278 e. The molecule has 6 rings (SSSR count). The number of ether oxygens (including phenoxy) is 1. The number of carbonyl (C=O) groups excluding carboxylic acids is 1. The van der Waals surface area contributed by atoms with Crippen molar-refractivity contribution >= 4 is 34.4 Å². The first kappa shape index (κ1) is 30.5. The zero-order chi connectivity index (χ0) is 32.1. The van der Waals surface area contributed by atoms with Crippen molar-refractivity contribution in [1.82, 2.24) is 29.2 Å². The number of pyridine rings is 1. The van der Waals surface area contributed by atoms with Crippen LogP contribution in [-0.2, 0) is 23.3 Å². The highest BCUT2D eigenvalue weighted by molar-refractivity contribution is 5.97. The van der Waals surface area contributed by atoms with E-state index in [0.717, 1.165) is 25.2 Å². The molecule has 3 aromatic heterocycles. The standard InChI is InChI=1S/C34H42N8O3/c1-8-9-10-15-41-31(44)24-17-35-32(36-23-11-12-25-22(16-23)18-39(7)21-34(25,5)6)38-29(24)42(41)27-14-13-26-30(37-27)40(20-33(2,3)4)28(43)19-45-26/h9-14,16-17H,8,15,18-21H2,1-7H3,(H,35,36,38)/b10-9-. The molecule has 0 fully saturated rings. The fraction of sp³-hybridized carbons (Fsp3) is 0.441. The Labute approximate surface area is 263 Å². The van der Waals surface area contributed by atoms with E-state index in [0.29, 0.717) is 47.5 Å². The first-order chi connectivity index (χ1) is 21.3. The second-order valence-electron chi connectivity index (χ2n) is 13.9. The summed E-state index contributed by atoms with van der Waals surface area (Å²) in [6.45, 7) is 15.4. The average molecular weight is 611 g/mol. The molecule has 0 atom stereocenters. The normalized spacial score (nSPS) is 16.6. The Balaban J connectivity index is 1.45. The fourth-order valence-electron chi connectivity index (χ4n) is 6.35. The van der Waals surface area contributed by atoms with E-state index in [2.05, 4.69) is 75.1 Å². The molecule has 1 N–H and O–H groups in total. The topological polar surface area (TPSA) is 110 Å². The second kappa shape index (κ2) is 11.4. The van der Waals surface area contributed by atoms with Crippen molar-refractivity contribution in [2.24, 2.45) is 5.41 Å². The lowest BCUT2D eigenvalue weighted by molar-refractivity contribution is -0.121. The number of allylic oxidation sites excluding steroid dienone is 2. The number of likely N-dealkylation sites (N-methyl/N-ethyl adjacent to an activating group) is 1. The summed E-state index contributed by atoms with van der Waals surface area (Å²) in [5.41, 5.74) is 3.56. The maximum atomic E-state index is 13.7. The van der Waals surface area contributed by atoms with Crippen LogP contribution in [0.25, 0.3) is 16.9 Å². The van der Waals surface area contributed by atoms with Gasteiger partial charge < -0.3 is 15.0 Å². The first-order valence-corrected chi connectivity index (χ1v) is 15.5. The van der Waals surface area contributed by atoms with Gasteiger partial charge in [0.2, 0.25) is 5.95 Å². The number of benzene rings is 1. The lowest BCUT2D eigenvalue weighted by Gasteiger charge is -2.38. The number of fused-ring (bicyclic) bond motifs is 3. The van der Waals surface area contributed by atoms with Crippen molar-refractivity contribution in [3.63, 3.8) is 0 Å². The summed E-state index contributed by atoms with van der Waals surface area (Å²) < 4.78 is 9.05. The monoisotopic (exact) mass is 610 g/mol. The first-order valence-electron chi connectivity index (χ1n) is 15.5. The van der Waals surface area contributed by atoms with Gasteiger partial charge in [0.1, 0.15) is 5.39 Å². The molecule has 0 aliphatic carbocycles. The summed E-state index contributed by atoms with van der Waals surface area (Å²) in [7, 11) is 2.14. The van der Waals surface area contributed by atoms with E-state index in [-0.39, 0.29) is 28.9 Å². The van der Waals surface area contributed by atoms with Crippen LogP contribution in [0.5, 0.6) is 5.75 Å². The molecule has 11 nitrogen and oxygen atoms in total. The van der Waals surface area contributed by atoms with Crippen LogP contribution < -0.4 is 20.5 Å². The Bertz CT molecular complexity index is 1860. The Hall–Kier alpha value is -4.51. The van der Waals surface area contributed by atoms with Crippen LogP contribution in [0.4, 0.5) is 17.5 Å². The molecular weight excluding hydrogens is 568 g/mol. The minimum atomic E-state index is -0.227. The molecule has 0 bridgehead atoms. The van der Waals surface area contributed by atoms with Crippen LogP contribution >= 0.6 is 0 Å². The van der Waals surface area contributed by atoms with Gasteiger partial charge >= 0.3 is 0 Å². The number of hydrogen-bond acceptors (Lipinski definition) is 8. The Morgan fingerprint density at radius 3 is 2.64 bits per heavy atom. The van der Waals surface area contributed by atoms with E-state index in [1.165, 1.54) is 11.1 Å². The van der Waals surface area contributed by atoms with E-state index in [9.17, 15) is 9.59 Å². The number of nitrogens with one attached hydrogen (secondary N) is 1. The predicted octanol–water partition coefficient (Wildman–Crippen LogP) is 5.18. The number of carbonyl (C=O) groups is 1. The van der Waals surface area contributed by atoms with E-state index < -0.39 is 0 Å². The van der Waals surface area contributed by atoms with Crippen LogP contribution in [-0.4, -0.2) is 61.9 Å². The van der Waals surface area contributed by atoms with Gasteiger partial charge in [-0.05, 0) is 54.3 Å². The molecule has 5 heterocycles. The van der Waals surface area contributed by atoms with Gasteiger partial charge in [0, 0.05) is 36.9 Å². The van der Waals surface area contributed by atoms with Gasteiger partial charge in [0.05, 0.1) is 6.54 Å². The third-order valence-electron chi connectivity index (χ3n) is 8.13. The van der Waals surface area contributed by atoms with Gasteiger partial charge in [-0.1, -0.05) is 59.8 Å². The quantitative estimate of drug-likeness (QED) is 0.285. The zero-order valence-corrected chi connectivity index (χ0v) is 27.2. The SMILES string of the molecule is CC/C=C\Cn1c(=O)c2cnc(Nc3ccc4c(c3)CN(C)CC4(C)C)nc2n1-c1ccc2c(n1)N(CC(C)(C)C)C(=O)CO2. The smallest absolute Gasteiger partial charge is 0.278 e. The van der Waals surface area contributed by atoms with Crippen LogP contribution in [0.1, 0.15) is 59.1 Å². The molecule has 0 saturated carbocycles. The molecular formula is C34H42N8O3. The molecule has 0 unspecified atom stereocenters. The molecule has 11 heteroatoms. The maximum absolute atomic E-state index is 13.7. The highest BCUT2D eigenvalue weighted by Gasteiger charge is 2.32. The molecule has 0 spiro atoms. The minimum absolute atomic E-state index is 0.0399. The van der Waals surface area contributed by atoms with Gasteiger partial charge in [0.15, 0.2) is 29.6 Å². The summed E-state index contributed by atoms with van der Waals surface area (Å²) in [6, 6.07) is 9.98. The molecule has 0 saturated heterocycles. The van der Waals surface area contributed by atoms with Crippen LogP contribution in [0.3, 0.4) is 0 Å². The summed E-state index contributed by atoms with van der Waals surface area (Å²) in [5.74, 6) is 1.62. The minimum Gasteiger partial charge on any atom is -0.480 e. The number of nitrogens with zero attached hydrogens (tertiary/aromatic N) is 7. The van der Waals surface area contributed by atoms with Gasteiger partial charge in [-0.15, -0.1) is 0 Å². The van der Waals surface area contributed by atoms with Crippen molar-refractivity contribution in [3.8, 4) is 11.6 Å². The summed E-state index contributed by atoms with van der Waals surface area (Å²) in [4.78, 5) is 45.0. The van der Waals surface area contributed by atoms with Crippen molar-refractivity contribution in [2.75, 3.05) is 37.0 Å². The summed E-state index contributed by atoms with van der Waals surface area (Å²) in [6.07, 6.45) is 6.37. The van der Waals surface area contributed by atoms with Crippen molar-refractivity contribution in [1.29, 1.82) is 0 Å². The van der Waals surface area contributed by atoms with Gasteiger partial charge in [-0.2, -0.15) is 4.98 Å². The van der Waals surface area contributed by atoms with Crippen molar-refractivity contribution < 1.29 is 9.53 Å². The molecule has 2 aliphatic heterocycles. The molecule has 4 aromatic rings. The lowest BCUT2D eigenvalue weighted by atomic mass is 9.78. The number of hydrogen-bond donors (Lipinski definition) is 1. The molecule has 0 radical (unpaired) electrons. The summed E-state index contributed by atoms with van der Waals surface area (Å²) in [5, 5.41) is 3.74. The number of amides is 1. The zero-order valence-electron chi connectivity index (χ0n) is 27.2. The Kier molecular flexibility index (Phi) is 7.76.